The minimum absolute atomic E-state index is 0.362. The molecule has 1 atom stereocenters. The Morgan fingerprint density at radius 3 is 2.73 bits per heavy atom. The Kier molecular flexibility index (Phi) is 3.24. The van der Waals surface area contributed by atoms with E-state index in [0.717, 1.165) is 0 Å². The zero-order valence-corrected chi connectivity index (χ0v) is 12.7. The lowest BCUT2D eigenvalue weighted by Gasteiger charge is -2.23. The molecule has 1 unspecified atom stereocenters. The van der Waals surface area contributed by atoms with Crippen molar-refractivity contribution in [3.63, 3.8) is 0 Å². The Morgan fingerprint density at radius 2 is 2.07 bits per heavy atom. The van der Waals surface area contributed by atoms with E-state index in [1.807, 2.05) is 0 Å². The summed E-state index contributed by atoms with van der Waals surface area (Å²) in [5.74, 6) is 0. The monoisotopic (exact) mass is 332 g/mol. The Balaban J connectivity index is 2.26. The molecule has 0 radical (unpaired) electrons. The lowest BCUT2D eigenvalue weighted by molar-refractivity contribution is 0.200. The lowest BCUT2D eigenvalue weighted by atomic mass is 10.1. The van der Waals surface area contributed by atoms with E-state index in [-0.39, 0.29) is 0 Å². The Morgan fingerprint density at radius 1 is 1.33 bits per heavy atom. The van der Waals surface area contributed by atoms with Crippen LogP contribution >= 0.6 is 22.6 Å². The Labute approximate surface area is 106 Å². The van der Waals surface area contributed by atoms with Gasteiger partial charge in [0.05, 0.1) is 6.10 Å². The van der Waals surface area contributed by atoms with Crippen LogP contribution in [0.5, 0.6) is 0 Å². The van der Waals surface area contributed by atoms with Gasteiger partial charge in [0.1, 0.15) is 0 Å². The van der Waals surface area contributed by atoms with Crippen molar-refractivity contribution in [2.75, 3.05) is 0 Å². The van der Waals surface area contributed by atoms with Crippen molar-refractivity contribution < 1.29 is 4.43 Å². The van der Waals surface area contributed by atoms with Crippen LogP contribution in [0.2, 0.25) is 19.6 Å². The van der Waals surface area contributed by atoms with Gasteiger partial charge in [0.2, 0.25) is 0 Å². The van der Waals surface area contributed by atoms with Crippen LogP contribution in [0.1, 0.15) is 23.7 Å². The topological polar surface area (TPSA) is 9.23 Å². The minimum Gasteiger partial charge on any atom is -0.411 e. The average Bonchev–Trinajstić information content (AvgIpc) is 2.48. The van der Waals surface area contributed by atoms with Crippen LogP contribution in [0.3, 0.4) is 0 Å². The van der Waals surface area contributed by atoms with E-state index in [0.29, 0.717) is 6.10 Å². The summed E-state index contributed by atoms with van der Waals surface area (Å²) in [5, 5.41) is 0. The van der Waals surface area contributed by atoms with Gasteiger partial charge in [-0.05, 0) is 72.3 Å². The molecule has 0 amide bonds. The van der Waals surface area contributed by atoms with Crippen molar-refractivity contribution in [3.8, 4) is 0 Å². The van der Waals surface area contributed by atoms with E-state index in [9.17, 15) is 0 Å². The van der Waals surface area contributed by atoms with E-state index >= 15 is 0 Å². The summed E-state index contributed by atoms with van der Waals surface area (Å²) in [6.07, 6.45) is 2.71. The van der Waals surface area contributed by atoms with Gasteiger partial charge in [0.25, 0.3) is 0 Å². The highest BCUT2D eigenvalue weighted by Crippen LogP contribution is 2.37. The molecular formula is C12H17IOSi. The molecule has 0 heterocycles. The van der Waals surface area contributed by atoms with Gasteiger partial charge in [-0.15, -0.1) is 0 Å². The molecule has 0 spiro atoms. The average molecular weight is 332 g/mol. The fraction of sp³-hybridized carbons (Fsp3) is 0.500. The molecule has 0 bridgehead atoms. The summed E-state index contributed by atoms with van der Waals surface area (Å²) < 4.78 is 7.61. The predicted molar refractivity (Wildman–Crippen MR) is 74.7 cm³/mol. The molecule has 1 aromatic rings. The van der Waals surface area contributed by atoms with Crippen molar-refractivity contribution in [2.24, 2.45) is 0 Å². The number of hydrogen-bond acceptors (Lipinski definition) is 1. The van der Waals surface area contributed by atoms with Crippen molar-refractivity contribution in [1.29, 1.82) is 0 Å². The molecule has 0 N–H and O–H groups in total. The number of rotatable bonds is 2. The van der Waals surface area contributed by atoms with Gasteiger partial charge in [-0.1, -0.05) is 12.1 Å². The highest BCUT2D eigenvalue weighted by Gasteiger charge is 2.28. The van der Waals surface area contributed by atoms with E-state index in [1.165, 1.54) is 27.5 Å². The largest absolute Gasteiger partial charge is 0.411 e. The molecule has 0 fully saturated rings. The minimum atomic E-state index is -1.41. The van der Waals surface area contributed by atoms with Gasteiger partial charge in [-0.2, -0.15) is 0 Å². The second-order valence-corrected chi connectivity index (χ2v) is 10.7. The molecule has 82 valence electrons. The van der Waals surface area contributed by atoms with E-state index in [2.05, 4.69) is 60.4 Å². The quantitative estimate of drug-likeness (QED) is 0.584. The summed E-state index contributed by atoms with van der Waals surface area (Å²) in [5.41, 5.74) is 2.95. The van der Waals surface area contributed by atoms with Crippen molar-refractivity contribution in [2.45, 2.75) is 38.6 Å². The summed E-state index contributed by atoms with van der Waals surface area (Å²) in [7, 11) is -1.41. The van der Waals surface area contributed by atoms with Crippen LogP contribution in [-0.2, 0) is 10.8 Å². The van der Waals surface area contributed by atoms with Crippen molar-refractivity contribution >= 4 is 30.9 Å². The maximum atomic E-state index is 6.22. The molecule has 0 aromatic heterocycles. The predicted octanol–water partition coefficient (Wildman–Crippen LogP) is 4.13. The highest BCUT2D eigenvalue weighted by molar-refractivity contribution is 14.1. The first-order valence-corrected chi connectivity index (χ1v) is 9.91. The van der Waals surface area contributed by atoms with Crippen LogP contribution in [-0.4, -0.2) is 8.32 Å². The van der Waals surface area contributed by atoms with E-state index in [1.54, 1.807) is 0 Å². The normalized spacial score (nSPS) is 20.4. The fourth-order valence-corrected chi connectivity index (χ4v) is 4.01. The maximum Gasteiger partial charge on any atom is 0.184 e. The van der Waals surface area contributed by atoms with Crippen molar-refractivity contribution in [1.82, 2.24) is 0 Å². The third-order valence-electron chi connectivity index (χ3n) is 2.65. The van der Waals surface area contributed by atoms with E-state index < -0.39 is 8.32 Å². The van der Waals surface area contributed by atoms with Crippen LogP contribution in [0.15, 0.2) is 18.2 Å². The van der Waals surface area contributed by atoms with E-state index in [4.69, 9.17) is 4.43 Å². The van der Waals surface area contributed by atoms with Gasteiger partial charge >= 0.3 is 0 Å². The highest BCUT2D eigenvalue weighted by atomic mass is 127. The number of halogens is 1. The standard InChI is InChI=1S/C12H17IOSi/c1-15(2,3)14-12-8-7-9-10(12)5-4-6-11(9)13/h4-6,12H,7-8H2,1-3H3. The molecule has 1 aromatic carbocycles. The first-order valence-electron chi connectivity index (χ1n) is 5.42. The zero-order chi connectivity index (χ0) is 11.1. The van der Waals surface area contributed by atoms with Crippen LogP contribution in [0.25, 0.3) is 0 Å². The van der Waals surface area contributed by atoms with Gasteiger partial charge in [0, 0.05) is 3.57 Å². The molecule has 1 aliphatic carbocycles. The van der Waals surface area contributed by atoms with Crippen LogP contribution < -0.4 is 0 Å². The van der Waals surface area contributed by atoms with Crippen molar-refractivity contribution in [3.05, 3.63) is 32.9 Å². The van der Waals surface area contributed by atoms with Gasteiger partial charge < -0.3 is 4.43 Å². The van der Waals surface area contributed by atoms with Crippen LogP contribution in [0.4, 0.5) is 0 Å². The molecule has 1 aliphatic rings. The summed E-state index contributed by atoms with van der Waals surface area (Å²) in [4.78, 5) is 0. The molecule has 0 saturated carbocycles. The summed E-state index contributed by atoms with van der Waals surface area (Å²) in [6.45, 7) is 6.79. The van der Waals surface area contributed by atoms with Gasteiger partial charge in [0.15, 0.2) is 8.32 Å². The SMILES string of the molecule is C[Si](C)(C)OC1CCc2c(I)cccc21. The maximum absolute atomic E-state index is 6.22. The molecule has 1 nitrogen and oxygen atoms in total. The summed E-state index contributed by atoms with van der Waals surface area (Å²) >= 11 is 2.43. The molecule has 3 heteroatoms. The summed E-state index contributed by atoms with van der Waals surface area (Å²) in [6, 6.07) is 6.57. The third-order valence-corrected chi connectivity index (χ3v) is 4.66. The number of benzene rings is 1. The third kappa shape index (κ3) is 2.63. The number of fused-ring (bicyclic) bond motifs is 1. The number of hydrogen-bond donors (Lipinski definition) is 0. The first kappa shape index (κ1) is 11.6. The van der Waals surface area contributed by atoms with Gasteiger partial charge in [-0.3, -0.25) is 0 Å². The van der Waals surface area contributed by atoms with Gasteiger partial charge in [-0.25, -0.2) is 0 Å². The fourth-order valence-electron chi connectivity index (χ4n) is 2.12. The second kappa shape index (κ2) is 4.18. The lowest BCUT2D eigenvalue weighted by Crippen LogP contribution is -2.27. The van der Waals surface area contributed by atoms with Crippen LogP contribution in [0, 0.1) is 3.57 Å². The second-order valence-electron chi connectivity index (χ2n) is 5.07. The smallest absolute Gasteiger partial charge is 0.184 e. The molecule has 2 rings (SSSR count). The molecule has 0 aliphatic heterocycles. The molecule has 15 heavy (non-hydrogen) atoms. The zero-order valence-electron chi connectivity index (χ0n) is 9.51. The Bertz CT molecular complexity index is 370. The first-order chi connectivity index (χ1) is 6.97. The molecule has 0 saturated heterocycles. The Hall–Kier alpha value is 0.127. The molecular weight excluding hydrogens is 315 g/mol.